The highest BCUT2D eigenvalue weighted by Gasteiger charge is 2.26. The van der Waals surface area contributed by atoms with Gasteiger partial charge in [-0.25, -0.2) is 4.79 Å². The summed E-state index contributed by atoms with van der Waals surface area (Å²) in [7, 11) is 3.79. The standard InChI is InChI=1S/C14H17NO3S/c1-4-18-14(17)12-7-10-11(19-12)6-5-9(13(10)16)8-15(2)3/h7-8H,4-6H2,1-3H3. The van der Waals surface area contributed by atoms with Gasteiger partial charge in [0, 0.05) is 36.3 Å². The van der Waals surface area contributed by atoms with Crippen molar-refractivity contribution in [1.82, 2.24) is 4.90 Å². The van der Waals surface area contributed by atoms with E-state index in [1.54, 1.807) is 13.0 Å². The predicted octanol–water partition coefficient (Wildman–Crippen LogP) is 2.50. The number of esters is 1. The number of ether oxygens (including phenoxy) is 1. The molecule has 0 radical (unpaired) electrons. The third-order valence-corrected chi connectivity index (χ3v) is 4.03. The zero-order valence-electron chi connectivity index (χ0n) is 11.4. The average molecular weight is 279 g/mol. The molecule has 0 amide bonds. The maximum absolute atomic E-state index is 12.3. The minimum Gasteiger partial charge on any atom is -0.462 e. The summed E-state index contributed by atoms with van der Waals surface area (Å²) in [5, 5.41) is 0. The van der Waals surface area contributed by atoms with Crippen molar-refractivity contribution in [2.45, 2.75) is 19.8 Å². The normalized spacial score (nSPS) is 16.4. The van der Waals surface area contributed by atoms with Crippen molar-refractivity contribution in [2.75, 3.05) is 20.7 Å². The van der Waals surface area contributed by atoms with Gasteiger partial charge in [-0.1, -0.05) is 0 Å². The van der Waals surface area contributed by atoms with Gasteiger partial charge >= 0.3 is 5.97 Å². The smallest absolute Gasteiger partial charge is 0.348 e. The van der Waals surface area contributed by atoms with Gasteiger partial charge in [0.2, 0.25) is 0 Å². The molecule has 0 aromatic carbocycles. The lowest BCUT2D eigenvalue weighted by Gasteiger charge is -2.15. The number of ketones is 1. The molecule has 0 aliphatic heterocycles. The van der Waals surface area contributed by atoms with Crippen molar-refractivity contribution in [3.05, 3.63) is 33.2 Å². The first-order chi connectivity index (χ1) is 9.02. The predicted molar refractivity (Wildman–Crippen MR) is 74.7 cm³/mol. The van der Waals surface area contributed by atoms with Crippen LogP contribution in [0.25, 0.3) is 0 Å². The van der Waals surface area contributed by atoms with Crippen molar-refractivity contribution >= 4 is 23.1 Å². The third-order valence-electron chi connectivity index (χ3n) is 2.86. The van der Waals surface area contributed by atoms with E-state index in [4.69, 9.17) is 4.74 Å². The molecule has 0 unspecified atom stereocenters. The minimum absolute atomic E-state index is 0.0294. The topological polar surface area (TPSA) is 46.6 Å². The molecule has 0 spiro atoms. The van der Waals surface area contributed by atoms with Crippen LogP contribution in [0.1, 0.15) is 38.3 Å². The van der Waals surface area contributed by atoms with Gasteiger partial charge in [0.25, 0.3) is 0 Å². The second kappa shape index (κ2) is 5.57. The van der Waals surface area contributed by atoms with Crippen molar-refractivity contribution in [2.24, 2.45) is 0 Å². The number of fused-ring (bicyclic) bond motifs is 1. The van der Waals surface area contributed by atoms with Crippen molar-refractivity contribution < 1.29 is 14.3 Å². The number of carbonyl (C=O) groups is 2. The molecule has 0 atom stereocenters. The summed E-state index contributed by atoms with van der Waals surface area (Å²) in [4.78, 5) is 27.4. The Balaban J connectivity index is 2.30. The molecule has 0 saturated heterocycles. The summed E-state index contributed by atoms with van der Waals surface area (Å²) in [6.07, 6.45) is 3.39. The van der Waals surface area contributed by atoms with Crippen molar-refractivity contribution in [3.63, 3.8) is 0 Å². The molecular formula is C14H17NO3S. The van der Waals surface area contributed by atoms with E-state index in [-0.39, 0.29) is 11.8 Å². The molecule has 0 saturated carbocycles. The number of thiophene rings is 1. The number of hydrogen-bond donors (Lipinski definition) is 0. The van der Waals surface area contributed by atoms with E-state index in [2.05, 4.69) is 0 Å². The molecule has 102 valence electrons. The highest BCUT2D eigenvalue weighted by molar-refractivity contribution is 7.14. The number of allylic oxidation sites excluding steroid dienone is 1. The maximum Gasteiger partial charge on any atom is 0.348 e. The summed E-state index contributed by atoms with van der Waals surface area (Å²) in [5.74, 6) is -0.311. The van der Waals surface area contributed by atoms with E-state index in [0.717, 1.165) is 23.3 Å². The minimum atomic E-state index is -0.340. The monoisotopic (exact) mass is 279 g/mol. The van der Waals surface area contributed by atoms with Gasteiger partial charge in [0.05, 0.1) is 6.61 Å². The molecule has 5 heteroatoms. The molecule has 1 heterocycles. The third kappa shape index (κ3) is 2.87. The highest BCUT2D eigenvalue weighted by Crippen LogP contribution is 2.32. The number of Topliss-reactive ketones (excluding diaryl/α,β-unsaturated/α-hetero) is 1. The first kappa shape index (κ1) is 13.8. The van der Waals surface area contributed by atoms with Crippen LogP contribution in [0.2, 0.25) is 0 Å². The second-order valence-electron chi connectivity index (χ2n) is 4.62. The molecule has 0 bridgehead atoms. The lowest BCUT2D eigenvalue weighted by molar-refractivity contribution is 0.0532. The van der Waals surface area contributed by atoms with Crippen LogP contribution in [0.15, 0.2) is 17.8 Å². The van der Waals surface area contributed by atoms with Gasteiger partial charge < -0.3 is 9.64 Å². The van der Waals surface area contributed by atoms with Gasteiger partial charge in [-0.2, -0.15) is 0 Å². The zero-order valence-corrected chi connectivity index (χ0v) is 12.2. The molecule has 0 fully saturated rings. The van der Waals surface area contributed by atoms with Crippen LogP contribution in [-0.2, 0) is 11.2 Å². The van der Waals surface area contributed by atoms with Crippen molar-refractivity contribution in [1.29, 1.82) is 0 Å². The largest absolute Gasteiger partial charge is 0.462 e. The first-order valence-electron chi connectivity index (χ1n) is 6.24. The van der Waals surface area contributed by atoms with Crippen LogP contribution in [0, 0.1) is 0 Å². The fraction of sp³-hybridized carbons (Fsp3) is 0.429. The summed E-state index contributed by atoms with van der Waals surface area (Å²) in [6, 6.07) is 1.67. The summed E-state index contributed by atoms with van der Waals surface area (Å²) >= 11 is 1.37. The summed E-state index contributed by atoms with van der Waals surface area (Å²) in [5.41, 5.74) is 1.46. The molecule has 1 aliphatic rings. The molecule has 2 rings (SSSR count). The van der Waals surface area contributed by atoms with Gasteiger partial charge in [-0.3, -0.25) is 4.79 Å². The molecule has 1 aromatic heterocycles. The number of aryl methyl sites for hydroxylation is 1. The maximum atomic E-state index is 12.3. The van der Waals surface area contributed by atoms with E-state index in [0.29, 0.717) is 17.0 Å². The fourth-order valence-electron chi connectivity index (χ4n) is 2.08. The van der Waals surface area contributed by atoms with E-state index in [1.807, 2.05) is 25.2 Å². The number of hydrogen-bond acceptors (Lipinski definition) is 5. The zero-order chi connectivity index (χ0) is 14.0. The Kier molecular flexibility index (Phi) is 4.04. The fourth-order valence-corrected chi connectivity index (χ4v) is 3.13. The molecule has 4 nitrogen and oxygen atoms in total. The van der Waals surface area contributed by atoms with Crippen LogP contribution >= 0.6 is 11.3 Å². The molecule has 1 aromatic rings. The second-order valence-corrected chi connectivity index (χ2v) is 5.75. The van der Waals surface area contributed by atoms with Crippen LogP contribution in [0.5, 0.6) is 0 Å². The SMILES string of the molecule is CCOC(=O)c1cc2c(s1)CCC(=CN(C)C)C2=O. The Morgan fingerprint density at radius 3 is 2.84 bits per heavy atom. The van der Waals surface area contributed by atoms with E-state index in [1.165, 1.54) is 11.3 Å². The Bertz CT molecular complexity index is 543. The molecule has 1 aliphatic carbocycles. The lowest BCUT2D eigenvalue weighted by Crippen LogP contribution is -2.15. The van der Waals surface area contributed by atoms with E-state index >= 15 is 0 Å². The molecule has 19 heavy (non-hydrogen) atoms. The summed E-state index contributed by atoms with van der Waals surface area (Å²) < 4.78 is 4.97. The molecule has 0 N–H and O–H groups in total. The Morgan fingerprint density at radius 1 is 1.47 bits per heavy atom. The Morgan fingerprint density at radius 2 is 2.21 bits per heavy atom. The number of nitrogens with zero attached hydrogens (tertiary/aromatic N) is 1. The van der Waals surface area contributed by atoms with Gasteiger partial charge in [-0.15, -0.1) is 11.3 Å². The Hall–Kier alpha value is -1.62. The van der Waals surface area contributed by atoms with E-state index in [9.17, 15) is 9.59 Å². The highest BCUT2D eigenvalue weighted by atomic mass is 32.1. The van der Waals surface area contributed by atoms with Gasteiger partial charge in [-0.05, 0) is 25.8 Å². The quantitative estimate of drug-likeness (QED) is 0.630. The Labute approximate surface area is 116 Å². The van der Waals surface area contributed by atoms with Crippen LogP contribution in [0.3, 0.4) is 0 Å². The average Bonchev–Trinajstić information content (AvgIpc) is 2.77. The van der Waals surface area contributed by atoms with Gasteiger partial charge in [0.1, 0.15) is 4.88 Å². The van der Waals surface area contributed by atoms with Crippen LogP contribution < -0.4 is 0 Å². The number of carbonyl (C=O) groups excluding carboxylic acids is 2. The van der Waals surface area contributed by atoms with Gasteiger partial charge in [0.15, 0.2) is 5.78 Å². The number of rotatable bonds is 3. The summed E-state index contributed by atoms with van der Waals surface area (Å²) in [6.45, 7) is 2.12. The first-order valence-corrected chi connectivity index (χ1v) is 7.06. The van der Waals surface area contributed by atoms with Crippen LogP contribution in [-0.4, -0.2) is 37.4 Å². The van der Waals surface area contributed by atoms with E-state index < -0.39 is 0 Å². The lowest BCUT2D eigenvalue weighted by atomic mass is 9.93. The van der Waals surface area contributed by atoms with Crippen molar-refractivity contribution in [3.8, 4) is 0 Å². The van der Waals surface area contributed by atoms with Crippen LogP contribution in [0.4, 0.5) is 0 Å². The molecular weight excluding hydrogens is 262 g/mol.